The molecule has 134 valence electrons. The van der Waals surface area contributed by atoms with Gasteiger partial charge in [0.1, 0.15) is 24.1 Å². The van der Waals surface area contributed by atoms with E-state index in [2.05, 4.69) is 32.6 Å². The minimum Gasteiger partial charge on any atom is -0.301 e. The molecule has 1 unspecified atom stereocenters. The molecule has 0 saturated carbocycles. The van der Waals surface area contributed by atoms with Gasteiger partial charge in [0.15, 0.2) is 0 Å². The van der Waals surface area contributed by atoms with Gasteiger partial charge in [0.25, 0.3) is 0 Å². The summed E-state index contributed by atoms with van der Waals surface area (Å²) in [5, 5.41) is 25.3. The highest BCUT2D eigenvalue weighted by Gasteiger charge is 2.42. The molecule has 1 aromatic rings. The van der Waals surface area contributed by atoms with Crippen molar-refractivity contribution in [1.82, 2.24) is 20.4 Å². The highest BCUT2D eigenvalue weighted by atomic mass is 19.1. The van der Waals surface area contributed by atoms with Crippen molar-refractivity contribution in [3.8, 4) is 12.1 Å². The van der Waals surface area contributed by atoms with Gasteiger partial charge in [-0.05, 0) is 31.3 Å². The van der Waals surface area contributed by atoms with Crippen molar-refractivity contribution in [1.29, 1.82) is 10.5 Å². The van der Waals surface area contributed by atoms with Crippen molar-refractivity contribution in [3.63, 3.8) is 0 Å². The fourth-order valence-electron chi connectivity index (χ4n) is 3.30. The summed E-state index contributed by atoms with van der Waals surface area (Å²) < 4.78 is 13.0. The van der Waals surface area contributed by atoms with E-state index in [9.17, 15) is 14.9 Å². The van der Waals surface area contributed by atoms with E-state index in [1.807, 2.05) is 6.92 Å². The molecular formula is C18H25FN6. The molecule has 7 heteroatoms. The molecule has 25 heavy (non-hydrogen) atoms. The van der Waals surface area contributed by atoms with Gasteiger partial charge in [-0.1, -0.05) is 19.1 Å². The lowest BCUT2D eigenvalue weighted by molar-refractivity contribution is 0.0588. The van der Waals surface area contributed by atoms with Crippen LogP contribution in [0.3, 0.4) is 0 Å². The number of hydrogen-bond acceptors (Lipinski definition) is 6. The van der Waals surface area contributed by atoms with Crippen LogP contribution in [0.2, 0.25) is 0 Å². The Kier molecular flexibility index (Phi) is 6.86. The maximum atomic E-state index is 13.0. The van der Waals surface area contributed by atoms with Gasteiger partial charge in [-0.2, -0.15) is 10.5 Å². The van der Waals surface area contributed by atoms with Gasteiger partial charge in [0.05, 0.1) is 0 Å². The van der Waals surface area contributed by atoms with E-state index in [4.69, 9.17) is 0 Å². The maximum absolute atomic E-state index is 13.0. The number of rotatable bonds is 7. The maximum Gasteiger partial charge on any atom is 0.222 e. The molecule has 1 heterocycles. The Morgan fingerprint density at radius 2 is 1.76 bits per heavy atom. The lowest BCUT2D eigenvalue weighted by Crippen LogP contribution is -2.67. The number of nitriles is 2. The SMILES string of the molecule is CCNC(C#N)(C#N)C(NC)N1CCN(Cc2ccc(F)cc2)CC1. The number of halogens is 1. The summed E-state index contributed by atoms with van der Waals surface area (Å²) in [6.07, 6.45) is -0.379. The molecule has 0 aromatic heterocycles. The number of nitrogens with one attached hydrogen (secondary N) is 2. The molecule has 1 aliphatic rings. The predicted octanol–water partition coefficient (Wildman–Crippen LogP) is 0.884. The first kappa shape index (κ1) is 19.3. The van der Waals surface area contributed by atoms with Crippen LogP contribution >= 0.6 is 0 Å². The Morgan fingerprint density at radius 1 is 1.16 bits per heavy atom. The minimum absolute atomic E-state index is 0.224. The van der Waals surface area contributed by atoms with Crippen molar-refractivity contribution < 1.29 is 4.39 Å². The second-order valence-electron chi connectivity index (χ2n) is 6.19. The Bertz CT molecular complexity index is 610. The Balaban J connectivity index is 1.98. The molecule has 2 N–H and O–H groups in total. The number of hydrogen-bond donors (Lipinski definition) is 2. The van der Waals surface area contributed by atoms with Gasteiger partial charge in [0.2, 0.25) is 5.54 Å². The first-order chi connectivity index (χ1) is 12.1. The topological polar surface area (TPSA) is 78.1 Å². The summed E-state index contributed by atoms with van der Waals surface area (Å²) >= 11 is 0. The zero-order chi connectivity index (χ0) is 18.3. The van der Waals surface area contributed by atoms with E-state index in [0.29, 0.717) is 6.54 Å². The lowest BCUT2D eigenvalue weighted by atomic mass is 9.97. The van der Waals surface area contributed by atoms with Crippen molar-refractivity contribution in [2.45, 2.75) is 25.2 Å². The highest BCUT2D eigenvalue weighted by Crippen LogP contribution is 2.17. The van der Waals surface area contributed by atoms with Gasteiger partial charge in [-0.25, -0.2) is 4.39 Å². The van der Waals surface area contributed by atoms with Crippen LogP contribution < -0.4 is 10.6 Å². The number of benzene rings is 1. The third-order valence-electron chi connectivity index (χ3n) is 4.58. The summed E-state index contributed by atoms with van der Waals surface area (Å²) in [7, 11) is 1.77. The molecule has 6 nitrogen and oxygen atoms in total. The molecule has 1 saturated heterocycles. The standard InChI is InChI=1S/C18H25FN6/c1-3-23-18(13-20,14-21)17(22-2)25-10-8-24(9-11-25)12-15-4-6-16(19)7-5-15/h4-7,17,22-23H,3,8-12H2,1-2H3. The van der Waals surface area contributed by atoms with Crippen molar-refractivity contribution in [3.05, 3.63) is 35.6 Å². The van der Waals surface area contributed by atoms with Crippen molar-refractivity contribution >= 4 is 0 Å². The fraction of sp³-hybridized carbons (Fsp3) is 0.556. The molecule has 0 aliphatic carbocycles. The molecular weight excluding hydrogens is 319 g/mol. The number of piperazine rings is 1. The minimum atomic E-state index is -1.28. The molecule has 0 amide bonds. The summed E-state index contributed by atoms with van der Waals surface area (Å²) in [5.41, 5.74) is -0.195. The van der Waals surface area contributed by atoms with Crippen LogP contribution in [-0.2, 0) is 6.54 Å². The van der Waals surface area contributed by atoms with Crippen LogP contribution in [-0.4, -0.2) is 61.3 Å². The van der Waals surface area contributed by atoms with Gasteiger partial charge < -0.3 is 5.32 Å². The largest absolute Gasteiger partial charge is 0.301 e. The summed E-state index contributed by atoms with van der Waals surface area (Å²) in [6.45, 7) is 6.36. The molecule has 1 aromatic carbocycles. The Labute approximate surface area is 148 Å². The summed E-state index contributed by atoms with van der Waals surface area (Å²) in [6, 6.07) is 10.9. The third-order valence-corrected chi connectivity index (χ3v) is 4.58. The average Bonchev–Trinajstić information content (AvgIpc) is 2.64. The van der Waals surface area contributed by atoms with Gasteiger partial charge in [-0.15, -0.1) is 0 Å². The van der Waals surface area contributed by atoms with E-state index in [0.717, 1.165) is 38.3 Å². The quantitative estimate of drug-likeness (QED) is 0.765. The Morgan fingerprint density at radius 3 is 2.24 bits per heavy atom. The number of nitrogens with zero attached hydrogens (tertiary/aromatic N) is 4. The molecule has 0 bridgehead atoms. The molecule has 2 rings (SSSR count). The predicted molar refractivity (Wildman–Crippen MR) is 93.7 cm³/mol. The molecule has 1 atom stereocenters. The number of likely N-dealkylation sites (N-methyl/N-ethyl adjacent to an activating group) is 2. The molecule has 0 spiro atoms. The Hall–Kier alpha value is -2.03. The lowest BCUT2D eigenvalue weighted by Gasteiger charge is -2.43. The second-order valence-corrected chi connectivity index (χ2v) is 6.19. The highest BCUT2D eigenvalue weighted by molar-refractivity contribution is 5.26. The first-order valence-corrected chi connectivity index (χ1v) is 8.54. The summed E-state index contributed by atoms with van der Waals surface area (Å²) in [5.74, 6) is -0.224. The van der Waals surface area contributed by atoms with E-state index < -0.39 is 5.54 Å². The van der Waals surface area contributed by atoms with Crippen LogP contribution in [0.4, 0.5) is 4.39 Å². The zero-order valence-corrected chi connectivity index (χ0v) is 14.8. The third kappa shape index (κ3) is 4.53. The molecule has 1 fully saturated rings. The molecule has 1 aliphatic heterocycles. The van der Waals surface area contributed by atoms with Crippen LogP contribution in [0.25, 0.3) is 0 Å². The van der Waals surface area contributed by atoms with Crippen molar-refractivity contribution in [2.24, 2.45) is 0 Å². The van der Waals surface area contributed by atoms with Crippen LogP contribution in [0.5, 0.6) is 0 Å². The average molecular weight is 344 g/mol. The van der Waals surface area contributed by atoms with Gasteiger partial charge in [-0.3, -0.25) is 15.1 Å². The fourth-order valence-corrected chi connectivity index (χ4v) is 3.30. The van der Waals surface area contributed by atoms with E-state index in [1.165, 1.54) is 12.1 Å². The summed E-state index contributed by atoms with van der Waals surface area (Å²) in [4.78, 5) is 4.43. The zero-order valence-electron chi connectivity index (χ0n) is 14.8. The second kappa shape index (κ2) is 8.89. The van der Waals surface area contributed by atoms with Gasteiger partial charge >= 0.3 is 0 Å². The van der Waals surface area contributed by atoms with E-state index in [1.54, 1.807) is 19.2 Å². The smallest absolute Gasteiger partial charge is 0.222 e. The van der Waals surface area contributed by atoms with Crippen LogP contribution in [0, 0.1) is 28.5 Å². The van der Waals surface area contributed by atoms with Crippen LogP contribution in [0.15, 0.2) is 24.3 Å². The van der Waals surface area contributed by atoms with E-state index in [-0.39, 0.29) is 12.0 Å². The van der Waals surface area contributed by atoms with Crippen LogP contribution in [0.1, 0.15) is 12.5 Å². The molecule has 0 radical (unpaired) electrons. The van der Waals surface area contributed by atoms with Crippen molar-refractivity contribution in [2.75, 3.05) is 39.8 Å². The van der Waals surface area contributed by atoms with E-state index >= 15 is 0 Å². The monoisotopic (exact) mass is 344 g/mol. The van der Waals surface area contributed by atoms with Gasteiger partial charge in [0, 0.05) is 32.7 Å². The normalized spacial score (nSPS) is 17.6. The first-order valence-electron chi connectivity index (χ1n) is 8.54.